The SMILES string of the molecule is Cc1nc(C(=O)N[C@@H](C)C(=O)N[C@H](CO)C(C)C)cc2c1[nH]c1ccccc12. The highest BCUT2D eigenvalue weighted by molar-refractivity contribution is 6.10. The fourth-order valence-corrected chi connectivity index (χ4v) is 3.19. The molecule has 2 heterocycles. The number of aromatic amines is 1. The molecule has 0 saturated heterocycles. The molecule has 1 aromatic carbocycles. The molecule has 0 radical (unpaired) electrons. The molecule has 7 nitrogen and oxygen atoms in total. The molecule has 0 fully saturated rings. The number of H-pyrrole nitrogens is 1. The maximum absolute atomic E-state index is 12.7. The Kier molecular flexibility index (Phi) is 5.65. The van der Waals surface area contributed by atoms with Crippen LogP contribution in [0, 0.1) is 12.8 Å². The number of benzene rings is 1. The van der Waals surface area contributed by atoms with Crippen molar-refractivity contribution >= 4 is 33.6 Å². The summed E-state index contributed by atoms with van der Waals surface area (Å²) in [6, 6.07) is 8.51. The number of hydrogen-bond donors (Lipinski definition) is 4. The second-order valence-corrected chi connectivity index (χ2v) is 7.42. The van der Waals surface area contributed by atoms with E-state index >= 15 is 0 Å². The number of aliphatic hydroxyl groups is 1. The number of rotatable bonds is 6. The minimum atomic E-state index is -0.749. The first-order valence-corrected chi connectivity index (χ1v) is 9.42. The fourth-order valence-electron chi connectivity index (χ4n) is 3.19. The van der Waals surface area contributed by atoms with Crippen LogP contribution in [0.1, 0.15) is 37.0 Å². The Balaban J connectivity index is 1.81. The van der Waals surface area contributed by atoms with E-state index in [1.807, 2.05) is 45.0 Å². The van der Waals surface area contributed by atoms with Gasteiger partial charge in [0, 0.05) is 16.3 Å². The third kappa shape index (κ3) is 3.84. The molecule has 2 aromatic heterocycles. The van der Waals surface area contributed by atoms with Gasteiger partial charge >= 0.3 is 0 Å². The molecule has 148 valence electrons. The smallest absolute Gasteiger partial charge is 0.270 e. The maximum atomic E-state index is 12.7. The van der Waals surface area contributed by atoms with Crippen molar-refractivity contribution in [3.63, 3.8) is 0 Å². The lowest BCUT2D eigenvalue weighted by Gasteiger charge is -2.22. The van der Waals surface area contributed by atoms with Crippen LogP contribution in [0.3, 0.4) is 0 Å². The number of pyridine rings is 1. The van der Waals surface area contributed by atoms with Gasteiger partial charge in [-0.05, 0) is 31.9 Å². The minimum Gasteiger partial charge on any atom is -0.394 e. The predicted molar refractivity (Wildman–Crippen MR) is 109 cm³/mol. The molecule has 3 rings (SSSR count). The van der Waals surface area contributed by atoms with Crippen molar-refractivity contribution in [3.05, 3.63) is 41.7 Å². The van der Waals surface area contributed by atoms with Gasteiger partial charge in [-0.15, -0.1) is 0 Å². The highest BCUT2D eigenvalue weighted by Gasteiger charge is 2.22. The average molecular weight is 382 g/mol. The first-order valence-electron chi connectivity index (χ1n) is 9.42. The second kappa shape index (κ2) is 7.98. The van der Waals surface area contributed by atoms with Crippen LogP contribution in [0.5, 0.6) is 0 Å². The van der Waals surface area contributed by atoms with Gasteiger partial charge < -0.3 is 20.7 Å². The topological polar surface area (TPSA) is 107 Å². The molecular weight excluding hydrogens is 356 g/mol. The highest BCUT2D eigenvalue weighted by Crippen LogP contribution is 2.27. The molecule has 0 spiro atoms. The Morgan fingerprint density at radius 1 is 1.14 bits per heavy atom. The third-order valence-corrected chi connectivity index (χ3v) is 4.98. The van der Waals surface area contributed by atoms with Crippen LogP contribution in [0.25, 0.3) is 21.8 Å². The number of hydrogen-bond acceptors (Lipinski definition) is 4. The summed E-state index contributed by atoms with van der Waals surface area (Å²) in [6.45, 7) is 7.13. The summed E-state index contributed by atoms with van der Waals surface area (Å²) in [6.07, 6.45) is 0. The quantitative estimate of drug-likeness (QED) is 0.525. The summed E-state index contributed by atoms with van der Waals surface area (Å²) in [5.74, 6) is -0.667. The van der Waals surface area contributed by atoms with Gasteiger partial charge in [0.15, 0.2) is 0 Å². The molecule has 7 heteroatoms. The fraction of sp³-hybridized carbons (Fsp3) is 0.381. The summed E-state index contributed by atoms with van der Waals surface area (Å²) in [4.78, 5) is 32.8. The number of nitrogens with one attached hydrogen (secondary N) is 3. The van der Waals surface area contributed by atoms with Gasteiger partial charge in [0.05, 0.1) is 23.9 Å². The lowest BCUT2D eigenvalue weighted by Crippen LogP contribution is -2.50. The van der Waals surface area contributed by atoms with E-state index < -0.39 is 11.9 Å². The Morgan fingerprint density at radius 2 is 1.86 bits per heavy atom. The normalized spacial score (nSPS) is 13.6. The summed E-state index contributed by atoms with van der Waals surface area (Å²) in [5, 5.41) is 16.8. The Bertz CT molecular complexity index is 1030. The monoisotopic (exact) mass is 382 g/mol. The van der Waals surface area contributed by atoms with Crippen molar-refractivity contribution in [1.82, 2.24) is 20.6 Å². The van der Waals surface area contributed by atoms with Gasteiger partial charge in [0.25, 0.3) is 5.91 Å². The van der Waals surface area contributed by atoms with Gasteiger partial charge in [-0.3, -0.25) is 9.59 Å². The molecule has 0 unspecified atom stereocenters. The van der Waals surface area contributed by atoms with Crippen LogP contribution in [0.2, 0.25) is 0 Å². The Labute approximate surface area is 163 Å². The zero-order valence-corrected chi connectivity index (χ0v) is 16.5. The van der Waals surface area contributed by atoms with Crippen LogP contribution < -0.4 is 10.6 Å². The van der Waals surface area contributed by atoms with Gasteiger partial charge in [0.1, 0.15) is 11.7 Å². The van der Waals surface area contributed by atoms with Crippen LogP contribution >= 0.6 is 0 Å². The van der Waals surface area contributed by atoms with Crippen LogP contribution in [0.4, 0.5) is 0 Å². The summed E-state index contributed by atoms with van der Waals surface area (Å²) >= 11 is 0. The number of para-hydroxylation sites is 1. The number of aliphatic hydroxyl groups excluding tert-OH is 1. The molecule has 2 atom stereocenters. The van der Waals surface area contributed by atoms with E-state index in [-0.39, 0.29) is 30.2 Å². The van der Waals surface area contributed by atoms with Crippen LogP contribution in [-0.4, -0.2) is 45.6 Å². The summed E-state index contributed by atoms with van der Waals surface area (Å²) < 4.78 is 0. The standard InChI is InChI=1S/C21H26N4O3/c1-11(2)18(10-26)25-20(27)13(4)23-21(28)17-9-15-14-7-5-6-8-16(14)24-19(15)12(3)22-17/h5-9,11,13,18,24,26H,10H2,1-4H3,(H,23,28)(H,25,27)/t13-,18+/m0/s1. The van der Waals surface area contributed by atoms with E-state index in [2.05, 4.69) is 20.6 Å². The molecule has 0 saturated carbocycles. The second-order valence-electron chi connectivity index (χ2n) is 7.42. The number of amides is 2. The minimum absolute atomic E-state index is 0.0884. The van der Waals surface area contributed by atoms with Crippen molar-refractivity contribution in [2.45, 2.75) is 39.8 Å². The van der Waals surface area contributed by atoms with Gasteiger partial charge in [0.2, 0.25) is 5.91 Å². The number of aromatic nitrogens is 2. The summed E-state index contributed by atoms with van der Waals surface area (Å²) in [5.41, 5.74) is 2.86. The molecular formula is C21H26N4O3. The van der Waals surface area contributed by atoms with Gasteiger partial charge in [-0.1, -0.05) is 32.0 Å². The third-order valence-electron chi connectivity index (χ3n) is 4.98. The predicted octanol–water partition coefficient (Wildman–Crippen LogP) is 2.28. The highest BCUT2D eigenvalue weighted by atomic mass is 16.3. The van der Waals surface area contributed by atoms with E-state index in [9.17, 15) is 14.7 Å². The first-order chi connectivity index (χ1) is 13.3. The number of nitrogens with zero attached hydrogens (tertiary/aromatic N) is 1. The number of carbonyl (C=O) groups is 2. The molecule has 3 aromatic rings. The van der Waals surface area contributed by atoms with Gasteiger partial charge in [-0.25, -0.2) is 4.98 Å². The molecule has 28 heavy (non-hydrogen) atoms. The van der Waals surface area contributed by atoms with E-state index in [1.165, 1.54) is 0 Å². The lowest BCUT2D eigenvalue weighted by atomic mass is 10.1. The largest absolute Gasteiger partial charge is 0.394 e. The lowest BCUT2D eigenvalue weighted by molar-refractivity contribution is -0.123. The van der Waals surface area contributed by atoms with Crippen molar-refractivity contribution in [1.29, 1.82) is 0 Å². The number of fused-ring (bicyclic) bond motifs is 3. The van der Waals surface area contributed by atoms with Crippen molar-refractivity contribution in [3.8, 4) is 0 Å². The molecule has 4 N–H and O–H groups in total. The zero-order chi connectivity index (χ0) is 20.4. The molecule has 0 aliphatic rings. The number of aryl methyl sites for hydroxylation is 1. The van der Waals surface area contributed by atoms with Crippen molar-refractivity contribution in [2.24, 2.45) is 5.92 Å². The molecule has 0 aliphatic heterocycles. The molecule has 2 amide bonds. The van der Waals surface area contributed by atoms with Gasteiger partial charge in [-0.2, -0.15) is 0 Å². The number of carbonyl (C=O) groups excluding carboxylic acids is 2. The van der Waals surface area contributed by atoms with E-state index in [4.69, 9.17) is 0 Å². The zero-order valence-electron chi connectivity index (χ0n) is 16.5. The molecule has 0 bridgehead atoms. The maximum Gasteiger partial charge on any atom is 0.270 e. The van der Waals surface area contributed by atoms with Crippen LogP contribution in [0.15, 0.2) is 30.3 Å². The van der Waals surface area contributed by atoms with Crippen LogP contribution in [-0.2, 0) is 4.79 Å². The van der Waals surface area contributed by atoms with E-state index in [0.29, 0.717) is 0 Å². The first kappa shape index (κ1) is 19.8. The van der Waals surface area contributed by atoms with E-state index in [0.717, 1.165) is 27.5 Å². The van der Waals surface area contributed by atoms with Crippen molar-refractivity contribution in [2.75, 3.05) is 6.61 Å². The molecule has 0 aliphatic carbocycles. The Hall–Kier alpha value is -2.93. The van der Waals surface area contributed by atoms with Crippen molar-refractivity contribution < 1.29 is 14.7 Å². The van der Waals surface area contributed by atoms with E-state index in [1.54, 1.807) is 13.0 Å². The average Bonchev–Trinajstić information content (AvgIpc) is 3.05. The summed E-state index contributed by atoms with van der Waals surface area (Å²) in [7, 11) is 0. The Morgan fingerprint density at radius 3 is 2.54 bits per heavy atom.